The Morgan fingerprint density at radius 1 is 1.38 bits per heavy atom. The second kappa shape index (κ2) is 8.56. The van der Waals surface area contributed by atoms with E-state index in [2.05, 4.69) is 33.8 Å². The number of ether oxygens (including phenoxy) is 1. The Morgan fingerprint density at radius 3 is 2.97 bits per heavy atom. The maximum Gasteiger partial charge on any atom is 0.240 e. The van der Waals surface area contributed by atoms with Crippen LogP contribution in [-0.2, 0) is 22.5 Å². The van der Waals surface area contributed by atoms with Gasteiger partial charge in [0.25, 0.3) is 0 Å². The van der Waals surface area contributed by atoms with Crippen molar-refractivity contribution < 1.29 is 9.53 Å². The van der Waals surface area contributed by atoms with Gasteiger partial charge in [-0.05, 0) is 62.6 Å². The third kappa shape index (κ3) is 3.90. The lowest BCUT2D eigenvalue weighted by atomic mass is 10.1. The summed E-state index contributed by atoms with van der Waals surface area (Å²) in [6.07, 6.45) is 4.99. The number of hydrogen-bond donors (Lipinski definition) is 1. The molecule has 2 aromatic rings. The molecule has 1 aromatic carbocycles. The van der Waals surface area contributed by atoms with Gasteiger partial charge in [-0.2, -0.15) is 5.26 Å². The Labute approximate surface area is 172 Å². The molecule has 0 saturated carbocycles. The van der Waals surface area contributed by atoms with Gasteiger partial charge in [-0.25, -0.2) is 0 Å². The molecule has 2 fully saturated rings. The van der Waals surface area contributed by atoms with Crippen molar-refractivity contribution >= 4 is 16.8 Å². The van der Waals surface area contributed by atoms with E-state index < -0.39 is 0 Å². The summed E-state index contributed by atoms with van der Waals surface area (Å²) in [5.74, 6) is 0.238. The smallest absolute Gasteiger partial charge is 0.240 e. The molecule has 0 radical (unpaired) electrons. The third-order valence-corrected chi connectivity index (χ3v) is 6.55. The number of aryl methyl sites for hydroxylation is 2. The molecule has 2 aliphatic rings. The molecule has 29 heavy (non-hydrogen) atoms. The van der Waals surface area contributed by atoms with E-state index in [0.717, 1.165) is 57.3 Å². The van der Waals surface area contributed by atoms with Gasteiger partial charge in [-0.3, -0.25) is 4.79 Å². The van der Waals surface area contributed by atoms with E-state index in [1.807, 2.05) is 18.2 Å². The number of hydrogen-bond acceptors (Lipinski definition) is 4. The first kappa shape index (κ1) is 19.9. The molecule has 3 atom stereocenters. The average Bonchev–Trinajstić information content (AvgIpc) is 3.48. The molecule has 154 valence electrons. The lowest BCUT2D eigenvalue weighted by Gasteiger charge is -2.27. The van der Waals surface area contributed by atoms with E-state index >= 15 is 0 Å². The van der Waals surface area contributed by atoms with Crippen molar-refractivity contribution in [2.45, 2.75) is 63.8 Å². The second-order valence-corrected chi connectivity index (χ2v) is 8.19. The van der Waals surface area contributed by atoms with E-state index in [9.17, 15) is 10.1 Å². The van der Waals surface area contributed by atoms with E-state index in [4.69, 9.17) is 4.74 Å². The van der Waals surface area contributed by atoms with Crippen molar-refractivity contribution in [2.75, 3.05) is 20.2 Å². The summed E-state index contributed by atoms with van der Waals surface area (Å²) in [6.45, 7) is 4.64. The van der Waals surface area contributed by atoms with Crippen LogP contribution in [0.15, 0.2) is 24.3 Å². The first-order valence-corrected chi connectivity index (χ1v) is 10.7. The van der Waals surface area contributed by atoms with Gasteiger partial charge in [0.15, 0.2) is 0 Å². The number of amides is 1. The van der Waals surface area contributed by atoms with Crippen LogP contribution >= 0.6 is 0 Å². The molecule has 2 saturated heterocycles. The number of methoxy groups -OCH3 is 1. The number of nitrogens with zero attached hydrogens (tertiary/aromatic N) is 3. The molecule has 0 unspecified atom stereocenters. The van der Waals surface area contributed by atoms with Gasteiger partial charge >= 0.3 is 0 Å². The quantitative estimate of drug-likeness (QED) is 0.818. The number of fused-ring (bicyclic) bond motifs is 1. The molecular formula is C23H30N4O2. The van der Waals surface area contributed by atoms with Crippen LogP contribution in [-0.4, -0.2) is 53.8 Å². The molecule has 1 aromatic heterocycles. The van der Waals surface area contributed by atoms with Crippen LogP contribution in [0.4, 0.5) is 0 Å². The van der Waals surface area contributed by atoms with E-state index in [0.29, 0.717) is 11.6 Å². The number of carbonyl (C=O) groups excluding carboxylic acids is 1. The summed E-state index contributed by atoms with van der Waals surface area (Å²) in [6, 6.07) is 10.6. The topological polar surface area (TPSA) is 70.3 Å². The SMILES string of the molecule is CCn1c(CC[C@@H]2CCCN2C(=O)[C@H]2C[C@@H](OC)CN2)cc2ccc(C#N)cc21. The number of carbonyl (C=O) groups is 1. The first-order valence-electron chi connectivity index (χ1n) is 10.7. The largest absolute Gasteiger partial charge is 0.380 e. The van der Waals surface area contributed by atoms with Gasteiger partial charge in [0.2, 0.25) is 5.91 Å². The highest BCUT2D eigenvalue weighted by Crippen LogP contribution is 2.27. The van der Waals surface area contributed by atoms with Gasteiger partial charge in [-0.1, -0.05) is 6.07 Å². The highest BCUT2D eigenvalue weighted by atomic mass is 16.5. The fourth-order valence-corrected chi connectivity index (χ4v) is 4.97. The lowest BCUT2D eigenvalue weighted by Crippen LogP contribution is -2.45. The standard InChI is InChI=1S/C23H30N4O2/c1-3-26-19(12-17-7-6-16(14-24)11-22(17)26)9-8-18-5-4-10-27(18)23(28)21-13-20(29-2)15-25-21/h6-7,11-12,18,20-21,25H,3-5,8-10,13,15H2,1-2H3/t18-,20+,21+/m0/s1. The van der Waals surface area contributed by atoms with E-state index in [1.165, 1.54) is 11.1 Å². The zero-order chi connectivity index (χ0) is 20.4. The van der Waals surface area contributed by atoms with Crippen molar-refractivity contribution in [2.24, 2.45) is 0 Å². The van der Waals surface area contributed by atoms with Crippen LogP contribution < -0.4 is 5.32 Å². The molecule has 6 nitrogen and oxygen atoms in total. The minimum absolute atomic E-state index is 0.105. The summed E-state index contributed by atoms with van der Waals surface area (Å²) >= 11 is 0. The molecule has 1 N–H and O–H groups in total. The normalized spacial score (nSPS) is 24.3. The Hall–Kier alpha value is -2.36. The Balaban J connectivity index is 1.45. The summed E-state index contributed by atoms with van der Waals surface area (Å²) in [5.41, 5.74) is 3.11. The number of aromatic nitrogens is 1. The molecule has 4 rings (SSSR count). The lowest BCUT2D eigenvalue weighted by molar-refractivity contribution is -0.134. The van der Waals surface area contributed by atoms with Crippen LogP contribution in [0.25, 0.3) is 10.9 Å². The summed E-state index contributed by atoms with van der Waals surface area (Å²) in [4.78, 5) is 15.1. The average molecular weight is 395 g/mol. The van der Waals surface area contributed by atoms with Crippen molar-refractivity contribution in [1.29, 1.82) is 5.26 Å². The predicted octanol–water partition coefficient (Wildman–Crippen LogP) is 2.83. The number of nitrogens with one attached hydrogen (secondary N) is 1. The van der Waals surface area contributed by atoms with Crippen LogP contribution in [0.2, 0.25) is 0 Å². The van der Waals surface area contributed by atoms with Crippen LogP contribution in [0, 0.1) is 11.3 Å². The van der Waals surface area contributed by atoms with E-state index in [-0.39, 0.29) is 18.1 Å². The van der Waals surface area contributed by atoms with Crippen molar-refractivity contribution in [3.05, 3.63) is 35.5 Å². The number of benzene rings is 1. The molecule has 0 spiro atoms. The number of nitriles is 1. The zero-order valence-electron chi connectivity index (χ0n) is 17.4. The fourth-order valence-electron chi connectivity index (χ4n) is 4.97. The zero-order valence-corrected chi connectivity index (χ0v) is 17.4. The Morgan fingerprint density at radius 2 is 2.24 bits per heavy atom. The van der Waals surface area contributed by atoms with Gasteiger partial charge in [0, 0.05) is 44.0 Å². The third-order valence-electron chi connectivity index (χ3n) is 6.55. The Bertz CT molecular complexity index is 929. The van der Waals surface area contributed by atoms with Crippen molar-refractivity contribution in [1.82, 2.24) is 14.8 Å². The van der Waals surface area contributed by atoms with Gasteiger partial charge in [0.1, 0.15) is 0 Å². The highest BCUT2D eigenvalue weighted by molar-refractivity contribution is 5.83. The molecule has 6 heteroatoms. The predicted molar refractivity (Wildman–Crippen MR) is 113 cm³/mol. The maximum atomic E-state index is 13.0. The second-order valence-electron chi connectivity index (χ2n) is 8.19. The molecule has 3 heterocycles. The summed E-state index contributed by atoms with van der Waals surface area (Å²) in [7, 11) is 1.71. The molecule has 2 aliphatic heterocycles. The highest BCUT2D eigenvalue weighted by Gasteiger charge is 2.36. The van der Waals surface area contributed by atoms with Crippen molar-refractivity contribution in [3.8, 4) is 6.07 Å². The number of rotatable bonds is 6. The Kier molecular flexibility index (Phi) is 5.89. The van der Waals surface area contributed by atoms with Gasteiger partial charge < -0.3 is 19.5 Å². The van der Waals surface area contributed by atoms with Crippen LogP contribution in [0.3, 0.4) is 0 Å². The maximum absolute atomic E-state index is 13.0. The van der Waals surface area contributed by atoms with E-state index in [1.54, 1.807) is 7.11 Å². The summed E-state index contributed by atoms with van der Waals surface area (Å²) < 4.78 is 7.71. The van der Waals surface area contributed by atoms with Gasteiger partial charge in [0.05, 0.1) is 23.8 Å². The van der Waals surface area contributed by atoms with Gasteiger partial charge in [-0.15, -0.1) is 0 Å². The molecular weight excluding hydrogens is 364 g/mol. The molecule has 0 aliphatic carbocycles. The van der Waals surface area contributed by atoms with Crippen LogP contribution in [0.1, 0.15) is 43.9 Å². The fraction of sp³-hybridized carbons (Fsp3) is 0.565. The minimum atomic E-state index is -0.105. The molecule has 1 amide bonds. The van der Waals surface area contributed by atoms with Crippen LogP contribution in [0.5, 0.6) is 0 Å². The summed E-state index contributed by atoms with van der Waals surface area (Å²) in [5, 5.41) is 13.7. The van der Waals surface area contributed by atoms with Crippen molar-refractivity contribution in [3.63, 3.8) is 0 Å². The first-order chi connectivity index (χ1) is 14.1. The number of likely N-dealkylation sites (tertiary alicyclic amines) is 1. The molecule has 0 bridgehead atoms. The monoisotopic (exact) mass is 394 g/mol. The minimum Gasteiger partial charge on any atom is -0.380 e.